The molecule has 1 saturated heterocycles. The van der Waals surface area contributed by atoms with Gasteiger partial charge in [0.1, 0.15) is 5.75 Å². The Morgan fingerprint density at radius 2 is 2.00 bits per heavy atom. The average molecular weight is 352 g/mol. The number of carbonyl (C=O) groups excluding carboxylic acids is 1. The first kappa shape index (κ1) is 17.2. The number of aromatic hydroxyl groups is 1. The molecular weight excluding hydrogens is 337 g/mol. The molecule has 1 fully saturated rings. The molecule has 1 amide bonds. The van der Waals surface area contributed by atoms with Crippen LogP contribution >= 0.6 is 0 Å². The van der Waals surface area contributed by atoms with Crippen molar-refractivity contribution in [2.24, 2.45) is 0 Å². The van der Waals surface area contributed by atoms with Gasteiger partial charge in [0.2, 0.25) is 0 Å². The van der Waals surface area contributed by atoms with E-state index in [9.17, 15) is 28.2 Å². The van der Waals surface area contributed by atoms with Crippen molar-refractivity contribution < 1.29 is 28.2 Å². The zero-order valence-electron chi connectivity index (χ0n) is 12.9. The van der Waals surface area contributed by atoms with E-state index >= 15 is 0 Å². The van der Waals surface area contributed by atoms with Crippen LogP contribution in [0.5, 0.6) is 5.75 Å². The standard InChI is InChI=1S/C17H15F3N2O3/c18-17(19,20)11-4-1-3-10(7-11)13-8-12(23)9-22(13)16(25)15-14(24)5-2-6-21-15/h1-7,12-13,23-24H,8-9H2/t12-,13+/m0/s1. The molecule has 2 aromatic rings. The molecule has 0 saturated carbocycles. The maximum Gasteiger partial charge on any atom is 0.416 e. The first-order valence-corrected chi connectivity index (χ1v) is 7.57. The molecule has 8 heteroatoms. The van der Waals surface area contributed by atoms with Crippen LogP contribution < -0.4 is 0 Å². The fraction of sp³-hybridized carbons (Fsp3) is 0.294. The number of amides is 1. The van der Waals surface area contributed by atoms with Gasteiger partial charge < -0.3 is 15.1 Å². The van der Waals surface area contributed by atoms with Gasteiger partial charge in [0.05, 0.1) is 17.7 Å². The second-order valence-electron chi connectivity index (χ2n) is 5.86. The number of halogens is 3. The van der Waals surface area contributed by atoms with Gasteiger partial charge in [0.25, 0.3) is 5.91 Å². The van der Waals surface area contributed by atoms with Crippen LogP contribution in [0.2, 0.25) is 0 Å². The number of hydrogen-bond donors (Lipinski definition) is 2. The smallest absolute Gasteiger partial charge is 0.416 e. The monoisotopic (exact) mass is 352 g/mol. The van der Waals surface area contributed by atoms with Gasteiger partial charge in [0, 0.05) is 12.7 Å². The summed E-state index contributed by atoms with van der Waals surface area (Å²) in [6.07, 6.45) is -3.92. The lowest BCUT2D eigenvalue weighted by Crippen LogP contribution is -2.32. The second-order valence-corrected chi connectivity index (χ2v) is 5.86. The van der Waals surface area contributed by atoms with E-state index in [4.69, 9.17) is 0 Å². The molecule has 1 aliphatic heterocycles. The van der Waals surface area contributed by atoms with E-state index in [-0.39, 0.29) is 30.0 Å². The van der Waals surface area contributed by atoms with Gasteiger partial charge in [0.15, 0.2) is 5.69 Å². The number of β-amino-alcohol motifs (C(OH)–C–C–N with tert-alkyl or cyclic N) is 1. The summed E-state index contributed by atoms with van der Waals surface area (Å²) in [4.78, 5) is 17.7. The summed E-state index contributed by atoms with van der Waals surface area (Å²) in [5.74, 6) is -0.964. The fourth-order valence-electron chi connectivity index (χ4n) is 2.97. The molecule has 1 aromatic heterocycles. The molecule has 1 aromatic carbocycles. The minimum Gasteiger partial charge on any atom is -0.505 e. The van der Waals surface area contributed by atoms with Crippen LogP contribution in [0.1, 0.15) is 34.1 Å². The maximum absolute atomic E-state index is 12.9. The van der Waals surface area contributed by atoms with Gasteiger partial charge in [-0.25, -0.2) is 4.98 Å². The molecule has 0 radical (unpaired) electrons. The Labute approximate surface area is 141 Å². The van der Waals surface area contributed by atoms with E-state index in [2.05, 4.69) is 4.98 Å². The van der Waals surface area contributed by atoms with Gasteiger partial charge in [-0.3, -0.25) is 4.79 Å². The number of hydrogen-bond acceptors (Lipinski definition) is 4. The Hall–Kier alpha value is -2.61. The van der Waals surface area contributed by atoms with Crippen LogP contribution in [0, 0.1) is 0 Å². The van der Waals surface area contributed by atoms with Gasteiger partial charge >= 0.3 is 6.18 Å². The molecule has 2 N–H and O–H groups in total. The highest BCUT2D eigenvalue weighted by Gasteiger charge is 2.38. The third kappa shape index (κ3) is 3.43. The number of benzene rings is 1. The number of likely N-dealkylation sites (tertiary alicyclic amines) is 1. The number of pyridine rings is 1. The summed E-state index contributed by atoms with van der Waals surface area (Å²) < 4.78 is 38.8. The third-order valence-corrected chi connectivity index (χ3v) is 4.13. The Bertz CT molecular complexity index is 795. The zero-order valence-corrected chi connectivity index (χ0v) is 12.9. The topological polar surface area (TPSA) is 73.7 Å². The molecule has 1 aliphatic rings. The normalized spacial score (nSPS) is 20.7. The Morgan fingerprint density at radius 1 is 1.24 bits per heavy atom. The highest BCUT2D eigenvalue weighted by molar-refractivity contribution is 5.95. The zero-order chi connectivity index (χ0) is 18.2. The summed E-state index contributed by atoms with van der Waals surface area (Å²) in [5, 5.41) is 19.7. The van der Waals surface area contributed by atoms with Crippen LogP contribution in [0.3, 0.4) is 0 Å². The molecule has 0 spiro atoms. The molecule has 132 valence electrons. The minimum atomic E-state index is -4.50. The number of aliphatic hydroxyl groups excluding tert-OH is 1. The van der Waals surface area contributed by atoms with E-state index in [1.54, 1.807) is 0 Å². The molecule has 0 unspecified atom stereocenters. The predicted octanol–water partition coefficient (Wildman–Crippen LogP) is 2.75. The SMILES string of the molecule is O=C(c1ncccc1O)N1C[C@@H](O)C[C@@H]1c1cccc(C(F)(F)F)c1. The van der Waals surface area contributed by atoms with Crippen molar-refractivity contribution in [1.29, 1.82) is 0 Å². The minimum absolute atomic E-state index is 0.0459. The molecule has 25 heavy (non-hydrogen) atoms. The molecule has 2 heterocycles. The lowest BCUT2D eigenvalue weighted by atomic mass is 10.0. The Balaban J connectivity index is 1.95. The van der Waals surface area contributed by atoms with Crippen LogP contribution in [0.15, 0.2) is 42.6 Å². The first-order valence-electron chi connectivity index (χ1n) is 7.57. The average Bonchev–Trinajstić information content (AvgIpc) is 2.96. The van der Waals surface area contributed by atoms with Crippen LogP contribution in [-0.2, 0) is 6.18 Å². The highest BCUT2D eigenvalue weighted by atomic mass is 19.4. The summed E-state index contributed by atoms with van der Waals surface area (Å²) in [5.41, 5.74) is -0.747. The first-order chi connectivity index (χ1) is 11.8. The van der Waals surface area contributed by atoms with E-state index in [0.29, 0.717) is 0 Å². The van der Waals surface area contributed by atoms with Crippen molar-refractivity contribution in [3.05, 3.63) is 59.4 Å². The quantitative estimate of drug-likeness (QED) is 0.872. The Morgan fingerprint density at radius 3 is 2.68 bits per heavy atom. The van der Waals surface area contributed by atoms with Gasteiger partial charge in [-0.15, -0.1) is 0 Å². The number of alkyl halides is 3. The second kappa shape index (κ2) is 6.36. The summed E-state index contributed by atoms with van der Waals surface area (Å²) in [6, 6.07) is 6.69. The van der Waals surface area contributed by atoms with Crippen molar-refractivity contribution in [3.8, 4) is 5.75 Å². The van der Waals surface area contributed by atoms with E-state index in [1.807, 2.05) is 0 Å². The van der Waals surface area contributed by atoms with Crippen molar-refractivity contribution in [2.75, 3.05) is 6.54 Å². The van der Waals surface area contributed by atoms with Gasteiger partial charge in [-0.1, -0.05) is 12.1 Å². The van der Waals surface area contributed by atoms with E-state index in [1.165, 1.54) is 35.4 Å². The largest absolute Gasteiger partial charge is 0.505 e. The Kier molecular flexibility index (Phi) is 4.38. The van der Waals surface area contributed by atoms with Crippen molar-refractivity contribution >= 4 is 5.91 Å². The van der Waals surface area contributed by atoms with Crippen molar-refractivity contribution in [1.82, 2.24) is 9.88 Å². The van der Waals surface area contributed by atoms with E-state index < -0.39 is 29.8 Å². The number of carbonyl (C=O) groups is 1. The van der Waals surface area contributed by atoms with E-state index in [0.717, 1.165) is 12.1 Å². The van der Waals surface area contributed by atoms with Crippen molar-refractivity contribution in [2.45, 2.75) is 24.7 Å². The predicted molar refractivity (Wildman–Crippen MR) is 81.7 cm³/mol. The summed E-state index contributed by atoms with van der Waals surface area (Å²) >= 11 is 0. The number of nitrogens with zero attached hydrogens (tertiary/aromatic N) is 2. The lowest BCUT2D eigenvalue weighted by molar-refractivity contribution is -0.137. The van der Waals surface area contributed by atoms with Crippen LogP contribution in [0.25, 0.3) is 0 Å². The molecule has 0 bridgehead atoms. The summed E-state index contributed by atoms with van der Waals surface area (Å²) in [6.45, 7) is -0.0459. The number of aliphatic hydroxyl groups is 1. The van der Waals surface area contributed by atoms with Crippen LogP contribution in [0.4, 0.5) is 13.2 Å². The molecule has 5 nitrogen and oxygen atoms in total. The van der Waals surface area contributed by atoms with Gasteiger partial charge in [-0.2, -0.15) is 13.2 Å². The molecular formula is C17H15F3N2O3. The van der Waals surface area contributed by atoms with Crippen LogP contribution in [-0.4, -0.2) is 38.7 Å². The third-order valence-electron chi connectivity index (χ3n) is 4.13. The van der Waals surface area contributed by atoms with Gasteiger partial charge in [-0.05, 0) is 36.2 Å². The van der Waals surface area contributed by atoms with Crippen molar-refractivity contribution in [3.63, 3.8) is 0 Å². The summed E-state index contributed by atoms with van der Waals surface area (Å²) in [7, 11) is 0. The number of aromatic nitrogens is 1. The molecule has 0 aliphatic carbocycles. The molecule has 3 rings (SSSR count). The fourth-order valence-corrected chi connectivity index (χ4v) is 2.97. The highest BCUT2D eigenvalue weighted by Crippen LogP contribution is 2.37. The molecule has 2 atom stereocenters. The maximum atomic E-state index is 12.9. The number of rotatable bonds is 2. The lowest BCUT2D eigenvalue weighted by Gasteiger charge is -2.25.